The van der Waals surface area contributed by atoms with E-state index in [0.29, 0.717) is 19.6 Å². The van der Waals surface area contributed by atoms with Crippen LogP contribution in [0.15, 0.2) is 24.3 Å². The summed E-state index contributed by atoms with van der Waals surface area (Å²) in [6, 6.07) is 6.40. The quantitative estimate of drug-likeness (QED) is 0.887. The second-order valence-corrected chi connectivity index (χ2v) is 5.29. The number of amides is 1. The normalized spacial score (nSPS) is 16.8. The van der Waals surface area contributed by atoms with Crippen molar-refractivity contribution in [2.24, 2.45) is 11.1 Å². The van der Waals surface area contributed by atoms with Crippen molar-refractivity contribution in [3.63, 3.8) is 0 Å². The number of carbonyl (C=O) groups is 1. The average molecular weight is 264 g/mol. The Bertz CT molecular complexity index is 452. The second-order valence-electron chi connectivity index (χ2n) is 5.29. The van der Waals surface area contributed by atoms with Crippen molar-refractivity contribution in [3.05, 3.63) is 35.6 Å². The maximum atomic E-state index is 13.2. The lowest BCUT2D eigenvalue weighted by Crippen LogP contribution is -2.51. The molecule has 1 aliphatic rings. The number of benzene rings is 1. The van der Waals surface area contributed by atoms with Gasteiger partial charge in [0.2, 0.25) is 5.91 Å². The molecule has 104 valence electrons. The van der Waals surface area contributed by atoms with Gasteiger partial charge in [-0.3, -0.25) is 4.79 Å². The summed E-state index contributed by atoms with van der Waals surface area (Å²) < 4.78 is 13.2. The lowest BCUT2D eigenvalue weighted by atomic mass is 9.68. The molecule has 3 nitrogen and oxygen atoms in total. The van der Waals surface area contributed by atoms with Gasteiger partial charge in [0, 0.05) is 19.6 Å². The van der Waals surface area contributed by atoms with E-state index in [1.54, 1.807) is 11.0 Å². The van der Waals surface area contributed by atoms with Gasteiger partial charge in [0.25, 0.3) is 0 Å². The van der Waals surface area contributed by atoms with Crippen LogP contribution in [0.3, 0.4) is 0 Å². The van der Waals surface area contributed by atoms with Crippen LogP contribution in [0.25, 0.3) is 0 Å². The summed E-state index contributed by atoms with van der Waals surface area (Å²) in [5.74, 6) is -0.147. The second kappa shape index (κ2) is 5.70. The van der Waals surface area contributed by atoms with Crippen molar-refractivity contribution >= 4 is 5.91 Å². The molecule has 1 aliphatic carbocycles. The van der Waals surface area contributed by atoms with Gasteiger partial charge in [-0.1, -0.05) is 18.6 Å². The topological polar surface area (TPSA) is 46.3 Å². The van der Waals surface area contributed by atoms with E-state index in [-0.39, 0.29) is 17.1 Å². The molecule has 2 N–H and O–H groups in total. The van der Waals surface area contributed by atoms with Crippen LogP contribution in [0.1, 0.15) is 31.7 Å². The van der Waals surface area contributed by atoms with Crippen LogP contribution in [0.5, 0.6) is 0 Å². The molecule has 1 saturated carbocycles. The van der Waals surface area contributed by atoms with E-state index >= 15 is 0 Å². The molecular formula is C15H21FN2O. The molecule has 0 saturated heterocycles. The van der Waals surface area contributed by atoms with Crippen molar-refractivity contribution in [2.75, 3.05) is 13.1 Å². The van der Waals surface area contributed by atoms with E-state index in [1.807, 2.05) is 13.0 Å². The Hall–Kier alpha value is -1.42. The van der Waals surface area contributed by atoms with Crippen molar-refractivity contribution in [1.82, 2.24) is 4.90 Å². The zero-order valence-corrected chi connectivity index (χ0v) is 11.4. The molecule has 0 heterocycles. The van der Waals surface area contributed by atoms with Gasteiger partial charge in [0.05, 0.1) is 5.41 Å². The number of rotatable bonds is 5. The van der Waals surface area contributed by atoms with Gasteiger partial charge in [0.1, 0.15) is 5.82 Å². The monoisotopic (exact) mass is 264 g/mol. The van der Waals surface area contributed by atoms with Crippen LogP contribution in [0.2, 0.25) is 0 Å². The Balaban J connectivity index is 2.10. The molecular weight excluding hydrogens is 243 g/mol. The molecule has 2 rings (SSSR count). The first-order chi connectivity index (χ1) is 9.11. The van der Waals surface area contributed by atoms with Crippen LogP contribution in [-0.2, 0) is 11.3 Å². The molecule has 0 aromatic heterocycles. The number of hydrogen-bond donors (Lipinski definition) is 1. The standard InChI is InChI=1S/C15H21FN2O/c1-2-18(10-12-5-3-6-13(16)9-12)14(19)15(11-17)7-4-8-15/h3,5-6,9H,2,4,7-8,10-11,17H2,1H3. The van der Waals surface area contributed by atoms with Crippen LogP contribution >= 0.6 is 0 Å². The summed E-state index contributed by atoms with van der Waals surface area (Å²) in [4.78, 5) is 14.3. The minimum Gasteiger partial charge on any atom is -0.338 e. The smallest absolute Gasteiger partial charge is 0.230 e. The van der Waals surface area contributed by atoms with Crippen LogP contribution in [0, 0.1) is 11.2 Å². The molecule has 0 spiro atoms. The SMILES string of the molecule is CCN(Cc1cccc(F)c1)C(=O)C1(CN)CCC1. The Labute approximate surface area is 113 Å². The van der Waals surface area contributed by atoms with Crippen LogP contribution < -0.4 is 5.73 Å². The summed E-state index contributed by atoms with van der Waals surface area (Å²) in [7, 11) is 0. The van der Waals surface area contributed by atoms with Crippen molar-refractivity contribution in [3.8, 4) is 0 Å². The van der Waals surface area contributed by atoms with E-state index in [4.69, 9.17) is 5.73 Å². The maximum absolute atomic E-state index is 13.2. The number of carbonyl (C=O) groups excluding carboxylic acids is 1. The predicted molar refractivity (Wildman–Crippen MR) is 72.8 cm³/mol. The molecule has 19 heavy (non-hydrogen) atoms. The fourth-order valence-corrected chi connectivity index (χ4v) is 2.63. The van der Waals surface area contributed by atoms with Gasteiger partial charge >= 0.3 is 0 Å². The predicted octanol–water partition coefficient (Wildman–Crippen LogP) is 2.30. The first-order valence-electron chi connectivity index (χ1n) is 6.85. The molecule has 0 unspecified atom stereocenters. The molecule has 0 atom stereocenters. The van der Waals surface area contributed by atoms with E-state index in [1.165, 1.54) is 12.1 Å². The first kappa shape index (κ1) is 14.0. The highest BCUT2D eigenvalue weighted by Crippen LogP contribution is 2.41. The maximum Gasteiger partial charge on any atom is 0.230 e. The van der Waals surface area contributed by atoms with Crippen molar-refractivity contribution < 1.29 is 9.18 Å². The first-order valence-corrected chi connectivity index (χ1v) is 6.85. The molecule has 1 fully saturated rings. The summed E-state index contributed by atoms with van der Waals surface area (Å²) in [5, 5.41) is 0. The highest BCUT2D eigenvalue weighted by atomic mass is 19.1. The number of hydrogen-bond acceptors (Lipinski definition) is 2. The Morgan fingerprint density at radius 2 is 2.21 bits per heavy atom. The minimum absolute atomic E-state index is 0.119. The summed E-state index contributed by atoms with van der Waals surface area (Å²) >= 11 is 0. The van der Waals surface area contributed by atoms with Gasteiger partial charge in [0.15, 0.2) is 0 Å². The number of nitrogens with two attached hydrogens (primary N) is 1. The van der Waals surface area contributed by atoms with E-state index < -0.39 is 0 Å². The third kappa shape index (κ3) is 2.78. The zero-order valence-electron chi connectivity index (χ0n) is 11.4. The average Bonchev–Trinajstić information content (AvgIpc) is 2.35. The third-order valence-corrected chi connectivity index (χ3v) is 4.09. The fourth-order valence-electron chi connectivity index (χ4n) is 2.63. The highest BCUT2D eigenvalue weighted by molar-refractivity contribution is 5.84. The van der Waals surface area contributed by atoms with E-state index in [2.05, 4.69) is 0 Å². The van der Waals surface area contributed by atoms with Gasteiger partial charge in [-0.2, -0.15) is 0 Å². The van der Waals surface area contributed by atoms with Gasteiger partial charge in [-0.25, -0.2) is 4.39 Å². The Morgan fingerprint density at radius 1 is 1.47 bits per heavy atom. The van der Waals surface area contributed by atoms with E-state index in [9.17, 15) is 9.18 Å². The van der Waals surface area contributed by atoms with E-state index in [0.717, 1.165) is 24.8 Å². The van der Waals surface area contributed by atoms with Crippen LogP contribution in [0.4, 0.5) is 4.39 Å². The van der Waals surface area contributed by atoms with Crippen molar-refractivity contribution in [2.45, 2.75) is 32.7 Å². The molecule has 1 aromatic carbocycles. The summed E-state index contributed by atoms with van der Waals surface area (Å²) in [5.41, 5.74) is 6.24. The van der Waals surface area contributed by atoms with Crippen molar-refractivity contribution in [1.29, 1.82) is 0 Å². The number of halogens is 1. The minimum atomic E-state index is -0.358. The Morgan fingerprint density at radius 3 is 2.68 bits per heavy atom. The molecule has 0 aliphatic heterocycles. The summed E-state index contributed by atoms with van der Waals surface area (Å²) in [6.45, 7) is 3.43. The lowest BCUT2D eigenvalue weighted by Gasteiger charge is -2.42. The zero-order chi connectivity index (χ0) is 13.9. The Kier molecular flexibility index (Phi) is 4.20. The molecule has 1 amide bonds. The van der Waals surface area contributed by atoms with Gasteiger partial charge in [-0.15, -0.1) is 0 Å². The molecule has 0 radical (unpaired) electrons. The largest absolute Gasteiger partial charge is 0.338 e. The molecule has 0 bridgehead atoms. The van der Waals surface area contributed by atoms with Gasteiger partial charge in [-0.05, 0) is 37.5 Å². The van der Waals surface area contributed by atoms with Crippen LogP contribution in [-0.4, -0.2) is 23.9 Å². The summed E-state index contributed by atoms with van der Waals surface area (Å²) in [6.07, 6.45) is 2.82. The van der Waals surface area contributed by atoms with Gasteiger partial charge < -0.3 is 10.6 Å². The third-order valence-electron chi connectivity index (χ3n) is 4.09. The fraction of sp³-hybridized carbons (Fsp3) is 0.533. The lowest BCUT2D eigenvalue weighted by molar-refractivity contribution is -0.147. The molecule has 1 aromatic rings. The molecule has 4 heteroatoms. The number of nitrogens with zero attached hydrogens (tertiary/aromatic N) is 1. The highest BCUT2D eigenvalue weighted by Gasteiger charge is 2.44.